The van der Waals surface area contributed by atoms with E-state index in [1.807, 2.05) is 19.3 Å². The van der Waals surface area contributed by atoms with Crippen molar-refractivity contribution in [3.63, 3.8) is 0 Å². The summed E-state index contributed by atoms with van der Waals surface area (Å²) < 4.78 is 0. The van der Waals surface area contributed by atoms with Gasteiger partial charge in [0.15, 0.2) is 0 Å². The Bertz CT molecular complexity index is 427. The van der Waals surface area contributed by atoms with Crippen molar-refractivity contribution in [3.05, 3.63) is 34.9 Å². The highest BCUT2D eigenvalue weighted by Gasteiger charge is 2.16. The second kappa shape index (κ2) is 4.76. The van der Waals surface area contributed by atoms with E-state index < -0.39 is 11.9 Å². The van der Waals surface area contributed by atoms with Gasteiger partial charge in [-0.25, -0.2) is 10.6 Å². The van der Waals surface area contributed by atoms with Crippen molar-refractivity contribution in [1.29, 1.82) is 0 Å². The molecule has 0 spiro atoms. The number of nitrogen functional groups attached to an aromatic ring is 1. The first-order valence-corrected chi connectivity index (χ1v) is 4.85. The summed E-state index contributed by atoms with van der Waals surface area (Å²) in [5.41, 5.74) is 2.87. The summed E-state index contributed by atoms with van der Waals surface area (Å²) in [4.78, 5) is 22.3. The Hall–Kier alpha value is -1.88. The normalized spacial score (nSPS) is 10.2. The number of carbonyl (C=O) groups excluding carboxylic acids is 1. The topological polar surface area (TPSA) is 92.4 Å². The first-order chi connectivity index (χ1) is 7.47. The van der Waals surface area contributed by atoms with Crippen molar-refractivity contribution in [3.8, 4) is 0 Å². The zero-order valence-electron chi connectivity index (χ0n) is 9.15. The molecular formula is C11H14N2O3. The van der Waals surface area contributed by atoms with Crippen LogP contribution in [0.25, 0.3) is 0 Å². The molecule has 0 aliphatic rings. The number of benzene rings is 1. The quantitative estimate of drug-likeness (QED) is 0.406. The maximum atomic E-state index is 11.4. The van der Waals surface area contributed by atoms with Gasteiger partial charge in [0.05, 0.1) is 11.1 Å². The fourth-order valence-corrected chi connectivity index (χ4v) is 1.37. The molecule has 0 atom stereocenters. The van der Waals surface area contributed by atoms with Crippen LogP contribution in [0.2, 0.25) is 0 Å². The number of carboxylic acids is 1. The maximum Gasteiger partial charge on any atom is 0.336 e. The number of hydrogen-bond acceptors (Lipinski definition) is 3. The lowest BCUT2D eigenvalue weighted by Crippen LogP contribution is -2.31. The molecule has 0 aliphatic heterocycles. The molecule has 5 nitrogen and oxygen atoms in total. The van der Waals surface area contributed by atoms with Crippen molar-refractivity contribution in [2.45, 2.75) is 19.8 Å². The van der Waals surface area contributed by atoms with Gasteiger partial charge < -0.3 is 5.11 Å². The van der Waals surface area contributed by atoms with Crippen LogP contribution in [0.1, 0.15) is 46.0 Å². The highest BCUT2D eigenvalue weighted by atomic mass is 16.4. The van der Waals surface area contributed by atoms with Crippen LogP contribution in [-0.4, -0.2) is 17.0 Å². The summed E-state index contributed by atoms with van der Waals surface area (Å²) in [6.07, 6.45) is 0. The third-order valence-electron chi connectivity index (χ3n) is 2.32. The molecule has 0 bridgehead atoms. The summed E-state index contributed by atoms with van der Waals surface area (Å²) in [7, 11) is 0. The second-order valence-electron chi connectivity index (χ2n) is 3.74. The van der Waals surface area contributed by atoms with E-state index in [1.54, 1.807) is 12.1 Å². The van der Waals surface area contributed by atoms with Crippen LogP contribution < -0.4 is 11.3 Å². The Morgan fingerprint density at radius 1 is 1.31 bits per heavy atom. The van der Waals surface area contributed by atoms with Crippen molar-refractivity contribution in [1.82, 2.24) is 5.43 Å². The van der Waals surface area contributed by atoms with E-state index in [4.69, 9.17) is 10.9 Å². The molecule has 1 aromatic rings. The molecule has 0 aromatic heterocycles. The van der Waals surface area contributed by atoms with E-state index >= 15 is 0 Å². The van der Waals surface area contributed by atoms with Gasteiger partial charge in [0.1, 0.15) is 0 Å². The molecule has 0 radical (unpaired) electrons. The van der Waals surface area contributed by atoms with Crippen molar-refractivity contribution < 1.29 is 14.7 Å². The average molecular weight is 222 g/mol. The molecule has 4 N–H and O–H groups in total. The third-order valence-corrected chi connectivity index (χ3v) is 2.32. The lowest BCUT2D eigenvalue weighted by Gasteiger charge is -2.10. The van der Waals surface area contributed by atoms with Gasteiger partial charge in [-0.3, -0.25) is 10.2 Å². The first kappa shape index (κ1) is 12.2. The molecule has 1 aromatic carbocycles. The molecule has 0 saturated carbocycles. The molecule has 0 fully saturated rings. The predicted octanol–water partition coefficient (Wildman–Crippen LogP) is 1.11. The molecule has 86 valence electrons. The zero-order chi connectivity index (χ0) is 12.3. The standard InChI is InChI=1S/C11H14N2O3/c1-6(2)7-3-4-8(11(15)16)9(5-7)10(14)13-12/h3-6H,12H2,1-2H3,(H,13,14)(H,15,16). The molecule has 1 amide bonds. The predicted molar refractivity (Wildman–Crippen MR) is 59.1 cm³/mol. The van der Waals surface area contributed by atoms with Crippen LogP contribution in [0.4, 0.5) is 0 Å². The fourth-order valence-electron chi connectivity index (χ4n) is 1.37. The van der Waals surface area contributed by atoms with Gasteiger partial charge in [-0.15, -0.1) is 0 Å². The molecular weight excluding hydrogens is 208 g/mol. The lowest BCUT2D eigenvalue weighted by atomic mass is 9.97. The highest BCUT2D eigenvalue weighted by molar-refractivity contribution is 6.04. The Kier molecular flexibility index (Phi) is 3.63. The van der Waals surface area contributed by atoms with E-state index in [9.17, 15) is 9.59 Å². The van der Waals surface area contributed by atoms with Crippen molar-refractivity contribution in [2.24, 2.45) is 5.84 Å². The van der Waals surface area contributed by atoms with Crippen LogP contribution in [0.15, 0.2) is 18.2 Å². The minimum absolute atomic E-state index is 0.0487. The molecule has 0 saturated heterocycles. The summed E-state index contributed by atoms with van der Waals surface area (Å²) >= 11 is 0. The SMILES string of the molecule is CC(C)c1ccc(C(=O)O)c(C(=O)NN)c1. The molecule has 0 heterocycles. The van der Waals surface area contributed by atoms with Gasteiger partial charge in [-0.2, -0.15) is 0 Å². The number of carboxylic acid groups (broad SMARTS) is 1. The smallest absolute Gasteiger partial charge is 0.336 e. The number of carbonyl (C=O) groups is 2. The number of aromatic carboxylic acids is 1. The van der Waals surface area contributed by atoms with E-state index in [0.29, 0.717) is 0 Å². The number of nitrogens with one attached hydrogen (secondary N) is 1. The number of rotatable bonds is 3. The monoisotopic (exact) mass is 222 g/mol. The minimum Gasteiger partial charge on any atom is -0.478 e. The number of nitrogens with two attached hydrogens (primary N) is 1. The van der Waals surface area contributed by atoms with Crippen LogP contribution in [0.5, 0.6) is 0 Å². The molecule has 1 rings (SSSR count). The van der Waals surface area contributed by atoms with Crippen LogP contribution in [-0.2, 0) is 0 Å². The molecule has 16 heavy (non-hydrogen) atoms. The first-order valence-electron chi connectivity index (χ1n) is 4.85. The second-order valence-corrected chi connectivity index (χ2v) is 3.74. The van der Waals surface area contributed by atoms with E-state index in [-0.39, 0.29) is 17.0 Å². The van der Waals surface area contributed by atoms with Crippen molar-refractivity contribution in [2.75, 3.05) is 0 Å². The Morgan fingerprint density at radius 3 is 2.38 bits per heavy atom. The van der Waals surface area contributed by atoms with E-state index in [1.165, 1.54) is 6.07 Å². The maximum absolute atomic E-state index is 11.4. The molecule has 0 unspecified atom stereocenters. The lowest BCUT2D eigenvalue weighted by molar-refractivity contribution is 0.0691. The van der Waals surface area contributed by atoms with Gasteiger partial charge in [0.2, 0.25) is 0 Å². The van der Waals surface area contributed by atoms with Gasteiger partial charge in [-0.05, 0) is 23.6 Å². The van der Waals surface area contributed by atoms with Gasteiger partial charge in [-0.1, -0.05) is 19.9 Å². The van der Waals surface area contributed by atoms with Crippen LogP contribution >= 0.6 is 0 Å². The summed E-state index contributed by atoms with van der Waals surface area (Å²) in [5.74, 6) is 3.48. The van der Waals surface area contributed by atoms with Gasteiger partial charge >= 0.3 is 5.97 Å². The zero-order valence-corrected chi connectivity index (χ0v) is 9.15. The minimum atomic E-state index is -1.14. The Morgan fingerprint density at radius 2 is 1.94 bits per heavy atom. The summed E-state index contributed by atoms with van der Waals surface area (Å²) in [6, 6.07) is 4.67. The fraction of sp³-hybridized carbons (Fsp3) is 0.273. The highest BCUT2D eigenvalue weighted by Crippen LogP contribution is 2.19. The van der Waals surface area contributed by atoms with Crippen molar-refractivity contribution >= 4 is 11.9 Å². The summed E-state index contributed by atoms with van der Waals surface area (Å²) in [5, 5.41) is 8.92. The van der Waals surface area contributed by atoms with Gasteiger partial charge in [0, 0.05) is 0 Å². The average Bonchev–Trinajstić information content (AvgIpc) is 2.26. The van der Waals surface area contributed by atoms with Crippen LogP contribution in [0, 0.1) is 0 Å². The Labute approximate surface area is 93.2 Å². The Balaban J connectivity index is 3.32. The third kappa shape index (κ3) is 2.38. The number of hydrazine groups is 1. The van der Waals surface area contributed by atoms with Gasteiger partial charge in [0.25, 0.3) is 5.91 Å². The summed E-state index contributed by atoms with van der Waals surface area (Å²) in [6.45, 7) is 3.92. The van der Waals surface area contributed by atoms with Crippen LogP contribution in [0.3, 0.4) is 0 Å². The molecule has 5 heteroatoms. The van der Waals surface area contributed by atoms with E-state index in [0.717, 1.165) is 5.56 Å². The molecule has 0 aliphatic carbocycles. The number of hydrogen-bond donors (Lipinski definition) is 3. The van der Waals surface area contributed by atoms with E-state index in [2.05, 4.69) is 0 Å². The largest absolute Gasteiger partial charge is 0.478 e. The number of amides is 1.